The van der Waals surface area contributed by atoms with Gasteiger partial charge in [0.1, 0.15) is 0 Å². The molecule has 0 N–H and O–H groups in total. The Labute approximate surface area is 111 Å². The number of hydrogen-bond acceptors (Lipinski definition) is 6. The molecule has 0 aliphatic heterocycles. The van der Waals surface area contributed by atoms with E-state index in [4.69, 9.17) is 0 Å². The van der Waals surface area contributed by atoms with Gasteiger partial charge in [0.2, 0.25) is 0 Å². The molecule has 6 heteroatoms. The van der Waals surface area contributed by atoms with Gasteiger partial charge in [0.25, 0.3) is 0 Å². The van der Waals surface area contributed by atoms with E-state index >= 15 is 0 Å². The average molecular weight is 273 g/mol. The molecule has 0 amide bonds. The van der Waals surface area contributed by atoms with E-state index in [-0.39, 0.29) is 0 Å². The molecule has 0 radical (unpaired) electrons. The number of benzene rings is 1. The Bertz CT molecular complexity index is 661. The second kappa shape index (κ2) is 4.83. The number of aldehydes is 1. The van der Waals surface area contributed by atoms with Crippen LogP contribution < -0.4 is 0 Å². The predicted octanol–water partition coefficient (Wildman–Crippen LogP) is 3.05. The number of para-hydroxylation sites is 1. The molecule has 0 unspecified atom stereocenters. The zero-order valence-electron chi connectivity index (χ0n) is 9.11. The highest BCUT2D eigenvalue weighted by Crippen LogP contribution is 2.32. The molecular weight excluding hydrogens is 266 g/mol. The molecule has 0 spiro atoms. The largest absolute Gasteiger partial charge is 0.298 e. The average Bonchev–Trinajstić information content (AvgIpc) is 2.82. The Morgan fingerprint density at radius 3 is 2.67 bits per heavy atom. The molecule has 3 aromatic rings. The molecule has 2 aromatic heterocycles. The molecule has 88 valence electrons. The minimum Gasteiger partial charge on any atom is -0.298 e. The number of carbonyl (C=O) groups is 1. The van der Waals surface area contributed by atoms with Gasteiger partial charge in [0.15, 0.2) is 15.8 Å². The summed E-state index contributed by atoms with van der Waals surface area (Å²) in [7, 11) is 0. The number of carbonyl (C=O) groups excluding carboxylic acids is 1. The second-order valence-corrected chi connectivity index (χ2v) is 5.71. The molecule has 3 rings (SSSR count). The number of hydrogen-bond donors (Lipinski definition) is 0. The van der Waals surface area contributed by atoms with Crippen LogP contribution in [0.1, 0.15) is 10.4 Å². The van der Waals surface area contributed by atoms with Gasteiger partial charge in [-0.25, -0.2) is 15.0 Å². The lowest BCUT2D eigenvalue weighted by Crippen LogP contribution is -1.88. The number of nitrogens with zero attached hydrogens (tertiary/aromatic N) is 3. The molecule has 0 saturated heterocycles. The molecule has 0 saturated carbocycles. The lowest BCUT2D eigenvalue weighted by molar-refractivity contribution is 0.112. The number of fused-ring (bicyclic) bond motifs is 1. The van der Waals surface area contributed by atoms with Crippen molar-refractivity contribution in [2.45, 2.75) is 9.50 Å². The Morgan fingerprint density at radius 1 is 1.17 bits per heavy atom. The van der Waals surface area contributed by atoms with Crippen molar-refractivity contribution < 1.29 is 4.79 Å². The maximum absolute atomic E-state index is 10.5. The van der Waals surface area contributed by atoms with E-state index in [1.165, 1.54) is 24.2 Å². The zero-order valence-corrected chi connectivity index (χ0v) is 10.7. The third-order valence-corrected chi connectivity index (χ3v) is 4.23. The lowest BCUT2D eigenvalue weighted by Gasteiger charge is -1.94. The van der Waals surface area contributed by atoms with Crippen LogP contribution in [0.4, 0.5) is 0 Å². The zero-order chi connectivity index (χ0) is 12.4. The van der Waals surface area contributed by atoms with Crippen LogP contribution in [0.2, 0.25) is 0 Å². The minimum atomic E-state index is 0.476. The van der Waals surface area contributed by atoms with Crippen molar-refractivity contribution in [2.24, 2.45) is 0 Å². The van der Waals surface area contributed by atoms with Crippen molar-refractivity contribution in [1.82, 2.24) is 15.0 Å². The summed E-state index contributed by atoms with van der Waals surface area (Å²) in [6.07, 6.45) is 3.75. The first kappa shape index (κ1) is 11.3. The minimum absolute atomic E-state index is 0.476. The smallest absolute Gasteiger partial charge is 0.194 e. The molecule has 0 fully saturated rings. The molecule has 1 aromatic carbocycles. The summed E-state index contributed by atoms with van der Waals surface area (Å²) in [6.45, 7) is 0. The summed E-state index contributed by atoms with van der Waals surface area (Å²) in [5.41, 5.74) is 1.46. The van der Waals surface area contributed by atoms with Gasteiger partial charge in [0.05, 0.1) is 15.8 Å². The SMILES string of the molecule is O=Cc1cnc(Sc2nc3ccccc3s2)nc1. The summed E-state index contributed by atoms with van der Waals surface area (Å²) < 4.78 is 2.04. The van der Waals surface area contributed by atoms with E-state index in [1.807, 2.05) is 24.3 Å². The molecule has 0 atom stereocenters. The molecule has 2 heterocycles. The fourth-order valence-electron chi connectivity index (χ4n) is 1.41. The van der Waals surface area contributed by atoms with Crippen molar-refractivity contribution >= 4 is 39.6 Å². The van der Waals surface area contributed by atoms with Crippen LogP contribution in [0.3, 0.4) is 0 Å². The van der Waals surface area contributed by atoms with Crippen molar-refractivity contribution in [1.29, 1.82) is 0 Å². The first-order chi connectivity index (χ1) is 8.85. The highest BCUT2D eigenvalue weighted by atomic mass is 32.2. The summed E-state index contributed by atoms with van der Waals surface area (Å²) in [5.74, 6) is 0. The van der Waals surface area contributed by atoms with Crippen LogP contribution in [0, 0.1) is 0 Å². The van der Waals surface area contributed by atoms with Crippen LogP contribution in [0.25, 0.3) is 10.2 Å². The van der Waals surface area contributed by atoms with E-state index in [0.717, 1.165) is 20.8 Å². The summed E-state index contributed by atoms with van der Waals surface area (Å²) >= 11 is 3.01. The van der Waals surface area contributed by atoms with E-state index < -0.39 is 0 Å². The third-order valence-electron chi connectivity index (χ3n) is 2.24. The molecule has 0 bridgehead atoms. The fourth-order valence-corrected chi connectivity index (χ4v) is 3.28. The molecule has 18 heavy (non-hydrogen) atoms. The monoisotopic (exact) mass is 273 g/mol. The van der Waals surface area contributed by atoms with Crippen molar-refractivity contribution in [3.8, 4) is 0 Å². The fraction of sp³-hybridized carbons (Fsp3) is 0. The van der Waals surface area contributed by atoms with E-state index in [1.54, 1.807) is 11.3 Å². The first-order valence-corrected chi connectivity index (χ1v) is 6.79. The van der Waals surface area contributed by atoms with Crippen LogP contribution in [0.15, 0.2) is 46.2 Å². The second-order valence-electron chi connectivity index (χ2n) is 3.47. The third kappa shape index (κ3) is 2.25. The lowest BCUT2D eigenvalue weighted by atomic mass is 10.3. The highest BCUT2D eigenvalue weighted by molar-refractivity contribution is 8.01. The van der Waals surface area contributed by atoms with E-state index in [9.17, 15) is 4.79 Å². The van der Waals surface area contributed by atoms with E-state index in [0.29, 0.717) is 10.7 Å². The van der Waals surface area contributed by atoms with Crippen LogP contribution in [-0.4, -0.2) is 21.2 Å². The summed E-state index contributed by atoms with van der Waals surface area (Å²) in [6, 6.07) is 7.97. The van der Waals surface area contributed by atoms with Crippen LogP contribution >= 0.6 is 23.1 Å². The van der Waals surface area contributed by atoms with Gasteiger partial charge in [0, 0.05) is 12.4 Å². The molecule has 0 aliphatic rings. The molecule has 0 aliphatic carbocycles. The predicted molar refractivity (Wildman–Crippen MR) is 71.2 cm³/mol. The normalized spacial score (nSPS) is 10.7. The number of aromatic nitrogens is 3. The van der Waals surface area contributed by atoms with Gasteiger partial charge < -0.3 is 0 Å². The van der Waals surface area contributed by atoms with Gasteiger partial charge in [-0.15, -0.1) is 11.3 Å². The highest BCUT2D eigenvalue weighted by Gasteiger charge is 2.06. The van der Waals surface area contributed by atoms with Gasteiger partial charge in [-0.3, -0.25) is 4.79 Å². The van der Waals surface area contributed by atoms with Crippen LogP contribution in [-0.2, 0) is 0 Å². The van der Waals surface area contributed by atoms with Gasteiger partial charge in [-0.1, -0.05) is 12.1 Å². The van der Waals surface area contributed by atoms with Gasteiger partial charge in [-0.2, -0.15) is 0 Å². The van der Waals surface area contributed by atoms with Crippen molar-refractivity contribution in [2.75, 3.05) is 0 Å². The summed E-state index contributed by atoms with van der Waals surface area (Å²) in [4.78, 5) is 23.2. The quantitative estimate of drug-likeness (QED) is 0.542. The summed E-state index contributed by atoms with van der Waals surface area (Å²) in [5, 5.41) is 0.597. The molecular formula is C12H7N3OS2. The first-order valence-electron chi connectivity index (χ1n) is 5.16. The maximum Gasteiger partial charge on any atom is 0.194 e. The maximum atomic E-state index is 10.5. The Balaban J connectivity index is 1.88. The number of thiazole rings is 1. The van der Waals surface area contributed by atoms with Crippen LogP contribution in [0.5, 0.6) is 0 Å². The topological polar surface area (TPSA) is 55.7 Å². The van der Waals surface area contributed by atoms with Gasteiger partial charge in [-0.05, 0) is 23.9 Å². The van der Waals surface area contributed by atoms with Gasteiger partial charge >= 0.3 is 0 Å². The standard InChI is InChI=1S/C12H7N3OS2/c16-7-8-5-13-11(14-6-8)18-12-15-9-3-1-2-4-10(9)17-12/h1-7H. The van der Waals surface area contributed by atoms with E-state index in [2.05, 4.69) is 15.0 Å². The Morgan fingerprint density at radius 2 is 1.94 bits per heavy atom. The van der Waals surface area contributed by atoms with Crippen molar-refractivity contribution in [3.05, 3.63) is 42.2 Å². The Hall–Kier alpha value is -1.79. The Kier molecular flexibility index (Phi) is 3.04. The molecule has 4 nitrogen and oxygen atoms in total. The van der Waals surface area contributed by atoms with Crippen molar-refractivity contribution in [3.63, 3.8) is 0 Å². The number of rotatable bonds is 3.